The average molecular weight is 340 g/mol. The number of aromatic amines is 1. The maximum Gasteiger partial charge on any atom is 0.358 e. The Bertz CT molecular complexity index is 960. The SMILES string of the molecule is COC(=O)c1n[nH]c2c1CN(C(=O)Cn1nnc3ccccc31)CC2. The van der Waals surface area contributed by atoms with Crippen LogP contribution in [0.1, 0.15) is 21.7 Å². The predicted molar refractivity (Wildman–Crippen MR) is 86.6 cm³/mol. The van der Waals surface area contributed by atoms with Crippen molar-refractivity contribution in [3.05, 3.63) is 41.2 Å². The topological polar surface area (TPSA) is 106 Å². The van der Waals surface area contributed by atoms with Gasteiger partial charge in [-0.1, -0.05) is 17.3 Å². The molecule has 9 heteroatoms. The zero-order valence-electron chi connectivity index (χ0n) is 13.6. The van der Waals surface area contributed by atoms with E-state index in [0.717, 1.165) is 22.3 Å². The van der Waals surface area contributed by atoms with Gasteiger partial charge < -0.3 is 9.64 Å². The first-order chi connectivity index (χ1) is 12.2. The molecule has 2 aromatic heterocycles. The molecule has 1 aliphatic rings. The Balaban J connectivity index is 1.54. The van der Waals surface area contributed by atoms with E-state index in [1.807, 2.05) is 24.3 Å². The smallest absolute Gasteiger partial charge is 0.358 e. The van der Waals surface area contributed by atoms with Crippen LogP contribution in [-0.4, -0.2) is 55.6 Å². The minimum atomic E-state index is -0.505. The number of nitrogens with one attached hydrogen (secondary N) is 1. The van der Waals surface area contributed by atoms with E-state index < -0.39 is 5.97 Å². The van der Waals surface area contributed by atoms with E-state index in [4.69, 9.17) is 4.74 Å². The van der Waals surface area contributed by atoms with Crippen LogP contribution in [0.5, 0.6) is 0 Å². The van der Waals surface area contributed by atoms with Crippen LogP contribution in [-0.2, 0) is 29.0 Å². The zero-order valence-corrected chi connectivity index (χ0v) is 13.6. The molecule has 25 heavy (non-hydrogen) atoms. The molecule has 0 saturated carbocycles. The second kappa shape index (κ2) is 6.00. The van der Waals surface area contributed by atoms with Crippen LogP contribution < -0.4 is 0 Å². The molecule has 3 heterocycles. The number of ether oxygens (including phenoxy) is 1. The molecule has 0 fully saturated rings. The van der Waals surface area contributed by atoms with Gasteiger partial charge in [0.2, 0.25) is 5.91 Å². The van der Waals surface area contributed by atoms with Crippen LogP contribution >= 0.6 is 0 Å². The van der Waals surface area contributed by atoms with Crippen LogP contribution in [0.4, 0.5) is 0 Å². The molecule has 128 valence electrons. The highest BCUT2D eigenvalue weighted by atomic mass is 16.5. The number of aromatic nitrogens is 5. The lowest BCUT2D eigenvalue weighted by Crippen LogP contribution is -2.38. The van der Waals surface area contributed by atoms with Gasteiger partial charge >= 0.3 is 5.97 Å². The molecule has 1 N–H and O–H groups in total. The van der Waals surface area contributed by atoms with Crippen molar-refractivity contribution in [2.75, 3.05) is 13.7 Å². The number of hydrogen-bond donors (Lipinski definition) is 1. The quantitative estimate of drug-likeness (QED) is 0.697. The third-order valence-electron chi connectivity index (χ3n) is 4.37. The Hall–Kier alpha value is -3.23. The summed E-state index contributed by atoms with van der Waals surface area (Å²) in [6, 6.07) is 7.49. The van der Waals surface area contributed by atoms with Gasteiger partial charge in [-0.25, -0.2) is 9.48 Å². The first-order valence-electron chi connectivity index (χ1n) is 7.88. The van der Waals surface area contributed by atoms with Crippen molar-refractivity contribution < 1.29 is 14.3 Å². The molecule has 0 saturated heterocycles. The third kappa shape index (κ3) is 2.63. The normalized spacial score (nSPS) is 13.7. The zero-order chi connectivity index (χ0) is 17.4. The molecule has 1 aromatic carbocycles. The first kappa shape index (κ1) is 15.3. The van der Waals surface area contributed by atoms with E-state index in [1.165, 1.54) is 7.11 Å². The minimum Gasteiger partial charge on any atom is -0.464 e. The maximum absolute atomic E-state index is 12.7. The van der Waals surface area contributed by atoms with Crippen molar-refractivity contribution in [1.82, 2.24) is 30.1 Å². The number of esters is 1. The van der Waals surface area contributed by atoms with E-state index in [0.29, 0.717) is 19.5 Å². The van der Waals surface area contributed by atoms with E-state index >= 15 is 0 Å². The van der Waals surface area contributed by atoms with Crippen molar-refractivity contribution in [2.24, 2.45) is 0 Å². The first-order valence-corrected chi connectivity index (χ1v) is 7.88. The highest BCUT2D eigenvalue weighted by Crippen LogP contribution is 2.21. The van der Waals surface area contributed by atoms with Gasteiger partial charge in [-0.05, 0) is 12.1 Å². The fourth-order valence-electron chi connectivity index (χ4n) is 3.04. The van der Waals surface area contributed by atoms with Gasteiger partial charge in [0.25, 0.3) is 0 Å². The van der Waals surface area contributed by atoms with E-state index in [-0.39, 0.29) is 18.1 Å². The summed E-state index contributed by atoms with van der Waals surface area (Å²) in [6.07, 6.45) is 0.614. The van der Waals surface area contributed by atoms with Gasteiger partial charge in [0.15, 0.2) is 5.69 Å². The second-order valence-corrected chi connectivity index (χ2v) is 5.82. The molecule has 3 aromatic rings. The molecule has 0 radical (unpaired) electrons. The molecule has 0 spiro atoms. The van der Waals surface area contributed by atoms with Crippen molar-refractivity contribution in [3.8, 4) is 0 Å². The summed E-state index contributed by atoms with van der Waals surface area (Å²) in [5.74, 6) is -0.590. The summed E-state index contributed by atoms with van der Waals surface area (Å²) in [4.78, 5) is 26.2. The summed E-state index contributed by atoms with van der Waals surface area (Å²) in [6.45, 7) is 0.976. The average Bonchev–Trinajstić information content (AvgIpc) is 3.25. The second-order valence-electron chi connectivity index (χ2n) is 5.82. The molecular weight excluding hydrogens is 324 g/mol. The van der Waals surface area contributed by atoms with Crippen LogP contribution in [0.2, 0.25) is 0 Å². The van der Waals surface area contributed by atoms with Crippen LogP contribution in [0.15, 0.2) is 24.3 Å². The lowest BCUT2D eigenvalue weighted by molar-refractivity contribution is -0.132. The monoisotopic (exact) mass is 340 g/mol. The number of amides is 1. The Labute approximate surface area is 142 Å². The standard InChI is InChI=1S/C16H16N6O3/c1-25-16(24)15-10-8-21(7-6-11(10)17-19-15)14(23)9-22-13-5-3-2-4-12(13)18-20-22/h2-5H,6-9H2,1H3,(H,17,19). The number of para-hydroxylation sites is 1. The lowest BCUT2D eigenvalue weighted by atomic mass is 10.1. The van der Waals surface area contributed by atoms with E-state index in [1.54, 1.807) is 9.58 Å². The van der Waals surface area contributed by atoms with E-state index in [2.05, 4.69) is 20.5 Å². The maximum atomic E-state index is 12.7. The third-order valence-corrected chi connectivity index (χ3v) is 4.37. The summed E-state index contributed by atoms with van der Waals surface area (Å²) in [7, 11) is 1.31. The van der Waals surface area contributed by atoms with Crippen LogP contribution in [0, 0.1) is 0 Å². The van der Waals surface area contributed by atoms with Gasteiger partial charge in [0.1, 0.15) is 12.1 Å². The highest BCUT2D eigenvalue weighted by molar-refractivity contribution is 5.89. The highest BCUT2D eigenvalue weighted by Gasteiger charge is 2.28. The van der Waals surface area contributed by atoms with Crippen LogP contribution in [0.25, 0.3) is 11.0 Å². The number of fused-ring (bicyclic) bond motifs is 2. The number of hydrogen-bond acceptors (Lipinski definition) is 6. The molecule has 1 amide bonds. The number of benzene rings is 1. The summed E-state index contributed by atoms with van der Waals surface area (Å²) in [5.41, 5.74) is 3.39. The molecule has 4 rings (SSSR count). The van der Waals surface area contributed by atoms with Gasteiger partial charge in [0, 0.05) is 30.8 Å². The minimum absolute atomic E-state index is 0.0849. The van der Waals surface area contributed by atoms with Gasteiger partial charge in [0.05, 0.1) is 12.6 Å². The Morgan fingerprint density at radius 1 is 1.32 bits per heavy atom. The number of nitrogens with zero attached hydrogens (tertiary/aromatic N) is 5. The van der Waals surface area contributed by atoms with Crippen molar-refractivity contribution in [2.45, 2.75) is 19.5 Å². The van der Waals surface area contributed by atoms with Crippen molar-refractivity contribution >= 4 is 22.9 Å². The fraction of sp³-hybridized carbons (Fsp3) is 0.312. The molecule has 0 bridgehead atoms. The molecule has 0 unspecified atom stereocenters. The van der Waals surface area contributed by atoms with Gasteiger partial charge in [-0.2, -0.15) is 5.10 Å². The molecule has 9 nitrogen and oxygen atoms in total. The van der Waals surface area contributed by atoms with Crippen LogP contribution in [0.3, 0.4) is 0 Å². The number of methoxy groups -OCH3 is 1. The summed E-state index contributed by atoms with van der Waals surface area (Å²) >= 11 is 0. The number of rotatable bonds is 3. The van der Waals surface area contributed by atoms with Crippen molar-refractivity contribution in [1.29, 1.82) is 0 Å². The fourth-order valence-corrected chi connectivity index (χ4v) is 3.04. The molecule has 0 atom stereocenters. The Morgan fingerprint density at radius 2 is 2.16 bits per heavy atom. The molecule has 0 aliphatic carbocycles. The summed E-state index contributed by atoms with van der Waals surface area (Å²) < 4.78 is 6.33. The Kier molecular flexibility index (Phi) is 3.68. The van der Waals surface area contributed by atoms with Gasteiger partial charge in [-0.3, -0.25) is 9.89 Å². The van der Waals surface area contributed by atoms with E-state index in [9.17, 15) is 9.59 Å². The number of carbonyl (C=O) groups excluding carboxylic acids is 2. The number of carbonyl (C=O) groups is 2. The largest absolute Gasteiger partial charge is 0.464 e. The molecular formula is C16H16N6O3. The predicted octanol–water partition coefficient (Wildman–Crippen LogP) is 0.526. The van der Waals surface area contributed by atoms with Crippen molar-refractivity contribution in [3.63, 3.8) is 0 Å². The Morgan fingerprint density at radius 3 is 3.00 bits per heavy atom. The molecule has 1 aliphatic heterocycles. The number of H-pyrrole nitrogens is 1. The van der Waals surface area contributed by atoms with Gasteiger partial charge in [-0.15, -0.1) is 5.10 Å². The summed E-state index contributed by atoms with van der Waals surface area (Å²) in [5, 5.41) is 15.0. The lowest BCUT2D eigenvalue weighted by Gasteiger charge is -2.27.